The Balaban J connectivity index is 2.80. The van der Waals surface area contributed by atoms with Crippen LogP contribution in [0.5, 0.6) is 5.75 Å². The smallest absolute Gasteiger partial charge is 0.176 e. The predicted molar refractivity (Wildman–Crippen MR) is 65.0 cm³/mol. The maximum Gasteiger partial charge on any atom is 0.176 e. The molecule has 2 aromatic carbocycles. The fraction of sp³-hybridized carbons (Fsp3) is 0.0909. The molecule has 0 saturated carbocycles. The van der Waals surface area contributed by atoms with Crippen LogP contribution < -0.4 is 16.3 Å². The lowest BCUT2D eigenvalue weighted by atomic mass is 10.1. The Morgan fingerprint density at radius 2 is 1.76 bits per heavy atom. The lowest BCUT2D eigenvalue weighted by molar-refractivity contribution is 0.202. The summed E-state index contributed by atoms with van der Waals surface area (Å²) < 4.78 is 23.3. The van der Waals surface area contributed by atoms with Gasteiger partial charge in [-0.2, -0.15) is 0 Å². The molecular formula is C11H12N2O3S. The molecule has 0 heterocycles. The van der Waals surface area contributed by atoms with Gasteiger partial charge in [-0.15, -0.1) is 0 Å². The van der Waals surface area contributed by atoms with Crippen molar-refractivity contribution in [3.05, 3.63) is 36.4 Å². The monoisotopic (exact) mass is 252 g/mol. The van der Waals surface area contributed by atoms with E-state index >= 15 is 0 Å². The minimum atomic E-state index is -3.27. The molecule has 17 heavy (non-hydrogen) atoms. The molecule has 0 aromatic heterocycles. The van der Waals surface area contributed by atoms with E-state index in [0.717, 1.165) is 0 Å². The summed E-state index contributed by atoms with van der Waals surface area (Å²) in [6.45, 7) is 0. The van der Waals surface area contributed by atoms with Crippen LogP contribution in [0.1, 0.15) is 0 Å². The third-order valence-corrected chi connectivity index (χ3v) is 3.57. The summed E-state index contributed by atoms with van der Waals surface area (Å²) in [5.74, 6) is 5.57. The average Bonchev–Trinajstić information content (AvgIpc) is 2.28. The van der Waals surface area contributed by atoms with Crippen LogP contribution in [0.25, 0.3) is 10.8 Å². The first-order valence-corrected chi connectivity index (χ1v) is 6.77. The fourth-order valence-electron chi connectivity index (χ4n) is 1.72. The number of nitrogens with one attached hydrogen (secondary N) is 1. The third-order valence-electron chi connectivity index (χ3n) is 2.41. The number of benzene rings is 2. The molecule has 0 spiro atoms. The highest BCUT2D eigenvalue weighted by Crippen LogP contribution is 2.30. The van der Waals surface area contributed by atoms with Gasteiger partial charge in [0.15, 0.2) is 15.6 Å². The van der Waals surface area contributed by atoms with Gasteiger partial charge in [0.05, 0.1) is 4.90 Å². The van der Waals surface area contributed by atoms with Gasteiger partial charge < -0.3 is 4.84 Å². The van der Waals surface area contributed by atoms with Crippen LogP contribution in [-0.2, 0) is 9.84 Å². The predicted octanol–water partition coefficient (Wildman–Crippen LogP) is 1.00. The van der Waals surface area contributed by atoms with E-state index in [2.05, 4.69) is 5.59 Å². The first-order valence-electron chi connectivity index (χ1n) is 4.88. The van der Waals surface area contributed by atoms with E-state index in [-0.39, 0.29) is 4.90 Å². The van der Waals surface area contributed by atoms with Crippen molar-refractivity contribution in [3.63, 3.8) is 0 Å². The van der Waals surface area contributed by atoms with Gasteiger partial charge in [0.25, 0.3) is 0 Å². The first kappa shape index (κ1) is 11.8. The van der Waals surface area contributed by atoms with E-state index in [0.29, 0.717) is 16.5 Å². The molecule has 0 aliphatic carbocycles. The number of nitrogens with two attached hydrogens (primary N) is 1. The molecule has 2 aromatic rings. The summed E-state index contributed by atoms with van der Waals surface area (Å²) in [6, 6.07) is 10.2. The van der Waals surface area contributed by atoms with Crippen molar-refractivity contribution in [1.29, 1.82) is 0 Å². The fourth-order valence-corrected chi connectivity index (χ4v) is 2.61. The lowest BCUT2D eigenvalue weighted by Crippen LogP contribution is -2.25. The summed E-state index contributed by atoms with van der Waals surface area (Å²) in [6.07, 6.45) is 1.18. The van der Waals surface area contributed by atoms with Gasteiger partial charge in [-0.05, 0) is 12.1 Å². The highest BCUT2D eigenvalue weighted by atomic mass is 32.2. The van der Waals surface area contributed by atoms with Gasteiger partial charge in [0, 0.05) is 17.0 Å². The Bertz CT molecular complexity index is 653. The molecule has 5 nitrogen and oxygen atoms in total. The van der Waals surface area contributed by atoms with Gasteiger partial charge in [-0.25, -0.2) is 14.3 Å². The molecule has 0 saturated heterocycles. The molecule has 90 valence electrons. The SMILES string of the molecule is CS(=O)(=O)c1ccc(ONN)c2ccccc12. The van der Waals surface area contributed by atoms with Gasteiger partial charge in [-0.1, -0.05) is 29.9 Å². The summed E-state index contributed by atoms with van der Waals surface area (Å²) >= 11 is 0. The molecule has 0 unspecified atom stereocenters. The van der Waals surface area contributed by atoms with Crippen LogP contribution >= 0.6 is 0 Å². The maximum absolute atomic E-state index is 11.6. The van der Waals surface area contributed by atoms with Gasteiger partial charge in [-0.3, -0.25) is 0 Å². The molecule has 0 fully saturated rings. The molecule has 0 aliphatic rings. The highest BCUT2D eigenvalue weighted by Gasteiger charge is 2.14. The largest absolute Gasteiger partial charge is 0.393 e. The molecular weight excluding hydrogens is 240 g/mol. The van der Waals surface area contributed by atoms with Gasteiger partial charge in [0.2, 0.25) is 0 Å². The number of hydrazine groups is 1. The minimum absolute atomic E-state index is 0.275. The number of hydrogen-bond donors (Lipinski definition) is 2. The van der Waals surface area contributed by atoms with Crippen LogP contribution in [0, 0.1) is 0 Å². The molecule has 0 radical (unpaired) electrons. The minimum Gasteiger partial charge on any atom is -0.393 e. The Labute approximate surface area is 99.0 Å². The topological polar surface area (TPSA) is 81.4 Å². The number of rotatable bonds is 3. The van der Waals surface area contributed by atoms with Crippen LogP contribution in [0.2, 0.25) is 0 Å². The Morgan fingerprint density at radius 3 is 2.35 bits per heavy atom. The zero-order valence-electron chi connectivity index (χ0n) is 9.17. The van der Waals surface area contributed by atoms with E-state index in [1.54, 1.807) is 30.3 Å². The Morgan fingerprint density at radius 1 is 1.12 bits per heavy atom. The average molecular weight is 252 g/mol. The van der Waals surface area contributed by atoms with Crippen LogP contribution in [0.15, 0.2) is 41.3 Å². The number of hydrogen-bond acceptors (Lipinski definition) is 5. The Hall–Kier alpha value is -1.63. The molecule has 0 amide bonds. The van der Waals surface area contributed by atoms with Crippen LogP contribution in [0.3, 0.4) is 0 Å². The van der Waals surface area contributed by atoms with Crippen LogP contribution in [0.4, 0.5) is 0 Å². The van der Waals surface area contributed by atoms with Crippen molar-refractivity contribution in [2.24, 2.45) is 5.84 Å². The zero-order valence-corrected chi connectivity index (χ0v) is 9.99. The summed E-state index contributed by atoms with van der Waals surface area (Å²) in [5.41, 5.74) is 2.08. The second-order valence-corrected chi connectivity index (χ2v) is 5.58. The van der Waals surface area contributed by atoms with Crippen molar-refractivity contribution in [3.8, 4) is 5.75 Å². The quantitative estimate of drug-likeness (QED) is 0.629. The Kier molecular flexibility index (Phi) is 3.01. The van der Waals surface area contributed by atoms with Crippen molar-refractivity contribution in [1.82, 2.24) is 5.59 Å². The maximum atomic E-state index is 11.6. The number of fused-ring (bicyclic) bond motifs is 1. The molecule has 2 rings (SSSR count). The summed E-state index contributed by atoms with van der Waals surface area (Å²) in [4.78, 5) is 5.30. The van der Waals surface area contributed by atoms with E-state index in [4.69, 9.17) is 10.7 Å². The van der Waals surface area contributed by atoms with Crippen molar-refractivity contribution in [2.75, 3.05) is 6.26 Å². The van der Waals surface area contributed by atoms with Crippen molar-refractivity contribution >= 4 is 20.6 Å². The van der Waals surface area contributed by atoms with Crippen molar-refractivity contribution in [2.45, 2.75) is 4.90 Å². The molecule has 3 N–H and O–H groups in total. The number of sulfone groups is 1. The second kappa shape index (κ2) is 4.33. The van der Waals surface area contributed by atoms with Gasteiger partial charge >= 0.3 is 0 Å². The highest BCUT2D eigenvalue weighted by molar-refractivity contribution is 7.91. The van der Waals surface area contributed by atoms with Gasteiger partial charge in [0.1, 0.15) is 0 Å². The zero-order chi connectivity index (χ0) is 12.5. The first-order chi connectivity index (χ1) is 8.04. The molecule has 6 heteroatoms. The normalized spacial score (nSPS) is 11.6. The lowest BCUT2D eigenvalue weighted by Gasteiger charge is -2.09. The van der Waals surface area contributed by atoms with E-state index in [1.807, 2.05) is 0 Å². The molecule has 0 aliphatic heterocycles. The van der Waals surface area contributed by atoms with E-state index < -0.39 is 9.84 Å². The summed E-state index contributed by atoms with van der Waals surface area (Å²) in [5, 5.41) is 1.30. The molecule has 0 atom stereocenters. The second-order valence-electron chi connectivity index (χ2n) is 3.60. The van der Waals surface area contributed by atoms with Crippen LogP contribution in [-0.4, -0.2) is 14.7 Å². The van der Waals surface area contributed by atoms with Crippen molar-refractivity contribution < 1.29 is 13.3 Å². The standard InChI is InChI=1S/C11H12N2O3S/c1-17(14,15)11-7-6-10(16-13-12)8-4-2-3-5-9(8)11/h2-7,13H,12H2,1H3. The van der Waals surface area contributed by atoms with E-state index in [1.165, 1.54) is 12.3 Å². The molecule has 0 bridgehead atoms. The third kappa shape index (κ3) is 2.23. The van der Waals surface area contributed by atoms with E-state index in [9.17, 15) is 8.42 Å². The summed E-state index contributed by atoms with van der Waals surface area (Å²) in [7, 11) is -3.27.